The Morgan fingerprint density at radius 2 is 1.34 bits per heavy atom. The van der Waals surface area contributed by atoms with Crippen LogP contribution in [-0.2, 0) is 9.53 Å². The van der Waals surface area contributed by atoms with Gasteiger partial charge in [0.05, 0.1) is 19.3 Å². The van der Waals surface area contributed by atoms with Gasteiger partial charge in [-0.15, -0.1) is 11.8 Å². The van der Waals surface area contributed by atoms with E-state index >= 15 is 0 Å². The summed E-state index contributed by atoms with van der Waals surface area (Å²) in [4.78, 5) is 25.0. The third kappa shape index (κ3) is 9.98. The average Bonchev–Trinajstić information content (AvgIpc) is 3.06. The molecule has 0 radical (unpaired) electrons. The number of methoxy groups -OCH3 is 1. The van der Waals surface area contributed by atoms with Crippen molar-refractivity contribution < 1.29 is 23.8 Å². The van der Waals surface area contributed by atoms with E-state index in [1.165, 1.54) is 6.08 Å². The van der Waals surface area contributed by atoms with E-state index in [2.05, 4.69) is 30.3 Å². The van der Waals surface area contributed by atoms with Gasteiger partial charge in [0.2, 0.25) is 0 Å². The molecule has 0 aliphatic rings. The molecule has 0 atom stereocenters. The molecule has 220 valence electrons. The quantitative estimate of drug-likeness (QED) is 0.0466. The third-order valence-corrected chi connectivity index (χ3v) is 7.46. The van der Waals surface area contributed by atoms with E-state index in [0.717, 1.165) is 57.1 Å². The zero-order chi connectivity index (χ0) is 31.1. The highest BCUT2D eigenvalue weighted by Gasteiger charge is 2.10. The van der Waals surface area contributed by atoms with Crippen LogP contribution in [0.3, 0.4) is 0 Å². The average molecular weight is 601 g/mol. The van der Waals surface area contributed by atoms with Gasteiger partial charge in [0, 0.05) is 33.2 Å². The Labute approximate surface area is 263 Å². The molecule has 0 N–H and O–H groups in total. The van der Waals surface area contributed by atoms with Crippen LogP contribution in [0.15, 0.2) is 109 Å². The fourth-order valence-corrected chi connectivity index (χ4v) is 4.83. The molecule has 0 bridgehead atoms. The number of hydrogen-bond donors (Lipinski definition) is 0. The van der Waals surface area contributed by atoms with Crippen molar-refractivity contribution in [2.75, 3.05) is 19.5 Å². The monoisotopic (exact) mass is 600 g/mol. The van der Waals surface area contributed by atoms with Crippen molar-refractivity contribution in [3.63, 3.8) is 0 Å². The Hall–Kier alpha value is -5.17. The number of benzene rings is 4. The van der Waals surface area contributed by atoms with Gasteiger partial charge < -0.3 is 14.2 Å². The predicted molar refractivity (Wildman–Crippen MR) is 175 cm³/mol. The van der Waals surface area contributed by atoms with Gasteiger partial charge in [-0.2, -0.15) is 0 Å². The summed E-state index contributed by atoms with van der Waals surface area (Å²) in [6, 6.07) is 28.2. The summed E-state index contributed by atoms with van der Waals surface area (Å²) >= 11 is 1.75. The van der Waals surface area contributed by atoms with Gasteiger partial charge in [0.25, 0.3) is 0 Å². The molecule has 0 spiro atoms. The molecular formula is C38H32O5S. The van der Waals surface area contributed by atoms with E-state index in [4.69, 9.17) is 14.2 Å². The SMILES string of the molecule is C=CC(=O)OCCCCSc1ccc(C#Cc2ccc(C(=O)Oc3ccc(C#Cc4ccc(OC)cc4)cc3C)cc2)cc1. The maximum atomic E-state index is 12.8. The first kappa shape index (κ1) is 31.8. The molecule has 0 heterocycles. The van der Waals surface area contributed by atoms with Crippen molar-refractivity contribution >= 4 is 23.7 Å². The number of carbonyl (C=O) groups is 2. The Morgan fingerprint density at radius 3 is 1.93 bits per heavy atom. The topological polar surface area (TPSA) is 61.8 Å². The molecule has 44 heavy (non-hydrogen) atoms. The van der Waals surface area contributed by atoms with Gasteiger partial charge >= 0.3 is 11.9 Å². The summed E-state index contributed by atoms with van der Waals surface area (Å²) < 4.78 is 15.8. The smallest absolute Gasteiger partial charge is 0.343 e. The van der Waals surface area contributed by atoms with E-state index in [9.17, 15) is 9.59 Å². The lowest BCUT2D eigenvalue weighted by atomic mass is 10.1. The maximum absolute atomic E-state index is 12.8. The standard InChI is InChI=1S/C38H32O5S/c1-4-37(39)42-25-5-6-26-44-35-22-15-31(16-23-35)8-7-29-11-18-33(19-12-29)38(40)43-36-24-17-32(27-28(36)2)10-9-30-13-20-34(41-3)21-14-30/h4,11-24,27H,1,5-6,25-26H2,2-3H3. The van der Waals surface area contributed by atoms with Gasteiger partial charge in [-0.05, 0) is 122 Å². The van der Waals surface area contributed by atoms with E-state index in [0.29, 0.717) is 17.9 Å². The van der Waals surface area contributed by atoms with Crippen molar-refractivity contribution in [1.29, 1.82) is 0 Å². The minimum absolute atomic E-state index is 0.380. The Morgan fingerprint density at radius 1 is 0.773 bits per heavy atom. The predicted octanol–water partition coefficient (Wildman–Crippen LogP) is 7.62. The molecule has 0 amide bonds. The lowest BCUT2D eigenvalue weighted by Gasteiger charge is -2.08. The van der Waals surface area contributed by atoms with E-state index in [1.54, 1.807) is 37.1 Å². The van der Waals surface area contributed by atoms with Crippen molar-refractivity contribution in [3.8, 4) is 35.2 Å². The molecule has 4 aromatic rings. The van der Waals surface area contributed by atoms with Crippen LogP contribution in [0.2, 0.25) is 0 Å². The first-order valence-corrected chi connectivity index (χ1v) is 15.0. The molecule has 4 aromatic carbocycles. The molecule has 0 aliphatic heterocycles. The number of rotatable bonds is 10. The van der Waals surface area contributed by atoms with E-state index in [1.807, 2.05) is 79.7 Å². The van der Waals surface area contributed by atoms with Crippen LogP contribution < -0.4 is 9.47 Å². The molecule has 6 heteroatoms. The minimum Gasteiger partial charge on any atom is -0.497 e. The van der Waals surface area contributed by atoms with E-state index < -0.39 is 5.97 Å². The molecule has 0 fully saturated rings. The van der Waals surface area contributed by atoms with Gasteiger partial charge in [-0.25, -0.2) is 9.59 Å². The summed E-state index contributed by atoms with van der Waals surface area (Å²) in [6.45, 7) is 5.68. The molecular weight excluding hydrogens is 568 g/mol. The largest absolute Gasteiger partial charge is 0.497 e. The zero-order valence-electron chi connectivity index (χ0n) is 24.7. The lowest BCUT2D eigenvalue weighted by Crippen LogP contribution is -2.09. The summed E-state index contributed by atoms with van der Waals surface area (Å²) in [5.74, 6) is 14.0. The highest BCUT2D eigenvalue weighted by atomic mass is 32.2. The molecule has 0 aromatic heterocycles. The highest BCUT2D eigenvalue weighted by Crippen LogP contribution is 2.22. The van der Waals surface area contributed by atoms with Crippen LogP contribution in [0.25, 0.3) is 0 Å². The number of carbonyl (C=O) groups excluding carboxylic acids is 2. The number of aryl methyl sites for hydroxylation is 1. The fraction of sp³-hybridized carbons (Fsp3) is 0.158. The number of thioether (sulfide) groups is 1. The minimum atomic E-state index is -0.435. The zero-order valence-corrected chi connectivity index (χ0v) is 25.5. The fourth-order valence-electron chi connectivity index (χ4n) is 3.91. The number of unbranched alkanes of at least 4 members (excludes halogenated alkanes) is 1. The first-order chi connectivity index (χ1) is 21.4. The summed E-state index contributed by atoms with van der Waals surface area (Å²) in [6.07, 6.45) is 2.95. The van der Waals surface area contributed by atoms with Crippen molar-refractivity contribution in [2.45, 2.75) is 24.7 Å². The van der Waals surface area contributed by atoms with Crippen LogP contribution in [0.1, 0.15) is 51.0 Å². The van der Waals surface area contributed by atoms with Gasteiger partial charge in [-0.1, -0.05) is 30.3 Å². The summed E-state index contributed by atoms with van der Waals surface area (Å²) in [5.41, 5.74) is 4.68. The second-order valence-corrected chi connectivity index (χ2v) is 10.8. The molecule has 0 saturated carbocycles. The second-order valence-electron chi connectivity index (χ2n) is 9.63. The number of esters is 2. The maximum Gasteiger partial charge on any atom is 0.343 e. The van der Waals surface area contributed by atoms with Gasteiger partial charge in [0.1, 0.15) is 11.5 Å². The van der Waals surface area contributed by atoms with Crippen molar-refractivity contribution in [3.05, 3.63) is 137 Å². The summed E-state index contributed by atoms with van der Waals surface area (Å²) in [7, 11) is 1.63. The van der Waals surface area contributed by atoms with Crippen LogP contribution in [-0.4, -0.2) is 31.4 Å². The van der Waals surface area contributed by atoms with Crippen molar-refractivity contribution in [1.82, 2.24) is 0 Å². The Balaban J connectivity index is 1.26. The third-order valence-electron chi connectivity index (χ3n) is 6.36. The Bertz CT molecular complexity index is 1720. The Kier molecular flexibility index (Phi) is 11.9. The first-order valence-electron chi connectivity index (χ1n) is 14.1. The van der Waals surface area contributed by atoms with Gasteiger partial charge in [0.15, 0.2) is 0 Å². The molecule has 0 saturated heterocycles. The van der Waals surface area contributed by atoms with E-state index in [-0.39, 0.29) is 5.97 Å². The summed E-state index contributed by atoms with van der Waals surface area (Å²) in [5, 5.41) is 0. The molecule has 0 aliphatic carbocycles. The second kappa shape index (κ2) is 16.5. The molecule has 4 rings (SSSR count). The lowest BCUT2D eigenvalue weighted by molar-refractivity contribution is -0.137. The van der Waals surface area contributed by atoms with Gasteiger partial charge in [-0.3, -0.25) is 0 Å². The normalized spacial score (nSPS) is 9.95. The van der Waals surface area contributed by atoms with Crippen LogP contribution in [0.4, 0.5) is 0 Å². The van der Waals surface area contributed by atoms with Crippen molar-refractivity contribution in [2.24, 2.45) is 0 Å². The van der Waals surface area contributed by atoms with Crippen LogP contribution >= 0.6 is 11.8 Å². The van der Waals surface area contributed by atoms with Crippen LogP contribution in [0, 0.1) is 30.6 Å². The highest BCUT2D eigenvalue weighted by molar-refractivity contribution is 7.99. The number of hydrogen-bond acceptors (Lipinski definition) is 6. The molecule has 5 nitrogen and oxygen atoms in total. The number of ether oxygens (including phenoxy) is 3. The van der Waals surface area contributed by atoms with Crippen LogP contribution in [0.5, 0.6) is 11.5 Å². The molecule has 0 unspecified atom stereocenters.